The van der Waals surface area contributed by atoms with Crippen molar-refractivity contribution in [3.05, 3.63) is 82.5 Å². The fraction of sp³-hybridized carbons (Fsp3) is 0.269. The molecule has 0 aliphatic carbocycles. The minimum absolute atomic E-state index is 0.0108. The largest absolute Gasteiger partial charge is 0.475 e. The molecular weight excluding hydrogens is 518 g/mol. The number of fused-ring (bicyclic) bond motifs is 1. The zero-order valence-corrected chi connectivity index (χ0v) is 19.8. The molecule has 2 aromatic carbocycles. The summed E-state index contributed by atoms with van der Waals surface area (Å²) < 4.78 is 90.7. The van der Waals surface area contributed by atoms with Gasteiger partial charge in [0.1, 0.15) is 18.8 Å². The summed E-state index contributed by atoms with van der Waals surface area (Å²) >= 11 is 0. The van der Waals surface area contributed by atoms with Crippen LogP contribution in [0.4, 0.5) is 26.3 Å². The van der Waals surface area contributed by atoms with Gasteiger partial charge in [-0.15, -0.1) is 0 Å². The summed E-state index contributed by atoms with van der Waals surface area (Å²) in [5.41, 5.74) is -2.08. The Morgan fingerprint density at radius 1 is 1.00 bits per heavy atom. The van der Waals surface area contributed by atoms with Crippen molar-refractivity contribution in [1.82, 2.24) is 9.88 Å². The first-order chi connectivity index (χ1) is 17.8. The standard InChI is InChI=1S/C26H20F6N2O4/c1-15(35)38-14-20-12-21(17-5-3-2-4-6-17)22-23(33-20)37-8-7-34(24(22)36)13-16-9-18(25(27,28)29)11-19(10-16)26(30,31)32/h2-6,9-12H,7-8,13-14H2,1H3. The normalized spacial score (nSPS) is 14.0. The fourth-order valence-corrected chi connectivity index (χ4v) is 3.97. The highest BCUT2D eigenvalue weighted by Gasteiger charge is 2.37. The van der Waals surface area contributed by atoms with E-state index in [4.69, 9.17) is 9.47 Å². The predicted octanol–water partition coefficient (Wildman–Crippen LogP) is 5.88. The maximum atomic E-state index is 13.7. The minimum Gasteiger partial charge on any atom is -0.475 e. The molecule has 4 rings (SSSR count). The topological polar surface area (TPSA) is 68.7 Å². The third-order valence-electron chi connectivity index (χ3n) is 5.67. The van der Waals surface area contributed by atoms with Crippen molar-refractivity contribution in [1.29, 1.82) is 0 Å². The lowest BCUT2D eigenvalue weighted by Crippen LogP contribution is -2.32. The van der Waals surface area contributed by atoms with Crippen LogP contribution in [-0.4, -0.2) is 34.9 Å². The van der Waals surface area contributed by atoms with Gasteiger partial charge in [0, 0.05) is 19.0 Å². The molecule has 1 aliphatic heterocycles. The summed E-state index contributed by atoms with van der Waals surface area (Å²) in [7, 11) is 0. The number of esters is 1. The first kappa shape index (κ1) is 27.0. The van der Waals surface area contributed by atoms with Crippen molar-refractivity contribution >= 4 is 11.9 Å². The van der Waals surface area contributed by atoms with Crippen LogP contribution in [0.15, 0.2) is 54.6 Å². The zero-order chi connectivity index (χ0) is 27.7. The molecule has 0 unspecified atom stereocenters. The summed E-state index contributed by atoms with van der Waals surface area (Å²) in [5, 5.41) is 0. The second-order valence-electron chi connectivity index (χ2n) is 8.48. The van der Waals surface area contributed by atoms with Gasteiger partial charge >= 0.3 is 18.3 Å². The SMILES string of the molecule is CC(=O)OCc1cc(-c2ccccc2)c2c(n1)OCCN(Cc1cc(C(F)(F)F)cc(C(F)(F)F)c1)C2=O. The lowest BCUT2D eigenvalue weighted by molar-refractivity contribution is -0.144. The molecule has 2 heterocycles. The number of halogens is 6. The Hall–Kier alpha value is -4.09. The van der Waals surface area contributed by atoms with E-state index >= 15 is 0 Å². The number of carbonyl (C=O) groups is 2. The Bertz CT molecular complexity index is 1320. The van der Waals surface area contributed by atoms with Crippen LogP contribution >= 0.6 is 0 Å². The van der Waals surface area contributed by atoms with Crippen molar-refractivity contribution in [2.75, 3.05) is 13.2 Å². The van der Waals surface area contributed by atoms with Gasteiger partial charge in [-0.25, -0.2) is 4.98 Å². The smallest absolute Gasteiger partial charge is 0.416 e. The van der Waals surface area contributed by atoms with E-state index in [1.807, 2.05) is 0 Å². The molecule has 0 atom stereocenters. The molecule has 0 bridgehead atoms. The maximum Gasteiger partial charge on any atom is 0.416 e. The van der Waals surface area contributed by atoms with Crippen molar-refractivity contribution in [3.63, 3.8) is 0 Å². The van der Waals surface area contributed by atoms with Crippen molar-refractivity contribution < 1.29 is 45.4 Å². The Morgan fingerprint density at radius 3 is 2.21 bits per heavy atom. The number of benzene rings is 2. The van der Waals surface area contributed by atoms with Gasteiger partial charge in [-0.1, -0.05) is 30.3 Å². The molecule has 0 N–H and O–H groups in total. The van der Waals surface area contributed by atoms with E-state index in [-0.39, 0.29) is 48.5 Å². The van der Waals surface area contributed by atoms with Crippen LogP contribution in [0.2, 0.25) is 0 Å². The average molecular weight is 538 g/mol. The Morgan fingerprint density at radius 2 is 1.63 bits per heavy atom. The molecular formula is C26H20F6N2O4. The van der Waals surface area contributed by atoms with Gasteiger partial charge in [0.25, 0.3) is 5.91 Å². The van der Waals surface area contributed by atoms with Crippen LogP contribution in [0, 0.1) is 0 Å². The average Bonchev–Trinajstić information content (AvgIpc) is 3.00. The van der Waals surface area contributed by atoms with E-state index < -0.39 is 41.9 Å². The number of hydrogen-bond acceptors (Lipinski definition) is 5. The first-order valence-corrected chi connectivity index (χ1v) is 11.3. The molecule has 38 heavy (non-hydrogen) atoms. The third-order valence-corrected chi connectivity index (χ3v) is 5.67. The first-order valence-electron chi connectivity index (χ1n) is 11.3. The molecule has 3 aromatic rings. The van der Waals surface area contributed by atoms with Gasteiger partial charge in [-0.05, 0) is 35.4 Å². The molecule has 0 spiro atoms. The molecule has 1 amide bonds. The molecule has 200 valence electrons. The molecule has 6 nitrogen and oxygen atoms in total. The number of carbonyl (C=O) groups excluding carboxylic acids is 2. The summed E-state index contributed by atoms with van der Waals surface area (Å²) in [5.74, 6) is -1.32. The number of ether oxygens (including phenoxy) is 2. The molecule has 1 aromatic heterocycles. The molecule has 0 saturated carbocycles. The van der Waals surface area contributed by atoms with Crippen molar-refractivity contribution in [2.45, 2.75) is 32.4 Å². The number of hydrogen-bond donors (Lipinski definition) is 0. The Balaban J connectivity index is 1.77. The maximum absolute atomic E-state index is 13.7. The molecule has 0 radical (unpaired) electrons. The van der Waals surface area contributed by atoms with Gasteiger partial charge in [0.2, 0.25) is 5.88 Å². The van der Waals surface area contributed by atoms with E-state index in [1.165, 1.54) is 13.0 Å². The number of rotatable bonds is 5. The summed E-state index contributed by atoms with van der Waals surface area (Å²) in [6, 6.07) is 11.3. The molecule has 1 aliphatic rings. The van der Waals surface area contributed by atoms with Crippen LogP contribution in [-0.2, 0) is 35.0 Å². The molecule has 0 fully saturated rings. The summed E-state index contributed by atoms with van der Waals surface area (Å²) in [4.78, 5) is 30.3. The summed E-state index contributed by atoms with van der Waals surface area (Å²) in [6.07, 6.45) is -10.0. The fourth-order valence-electron chi connectivity index (χ4n) is 3.97. The number of pyridine rings is 1. The van der Waals surface area contributed by atoms with Gasteiger partial charge in [0.15, 0.2) is 0 Å². The van der Waals surface area contributed by atoms with Gasteiger partial charge < -0.3 is 14.4 Å². The number of nitrogens with zero attached hydrogens (tertiary/aromatic N) is 2. The Labute approximate surface area is 212 Å². The highest BCUT2D eigenvalue weighted by Crippen LogP contribution is 2.38. The van der Waals surface area contributed by atoms with E-state index in [2.05, 4.69) is 4.98 Å². The van der Waals surface area contributed by atoms with E-state index in [0.29, 0.717) is 23.3 Å². The highest BCUT2D eigenvalue weighted by molar-refractivity contribution is 6.03. The number of amides is 1. The van der Waals surface area contributed by atoms with Crippen LogP contribution in [0.1, 0.15) is 39.7 Å². The highest BCUT2D eigenvalue weighted by atomic mass is 19.4. The van der Waals surface area contributed by atoms with Crippen LogP contribution in [0.3, 0.4) is 0 Å². The summed E-state index contributed by atoms with van der Waals surface area (Å²) in [6.45, 7) is 0.242. The second kappa shape index (κ2) is 10.3. The predicted molar refractivity (Wildman–Crippen MR) is 122 cm³/mol. The van der Waals surface area contributed by atoms with Crippen LogP contribution in [0.5, 0.6) is 5.88 Å². The Kier molecular flexibility index (Phi) is 7.34. The lowest BCUT2D eigenvalue weighted by atomic mass is 9.98. The molecule has 0 saturated heterocycles. The minimum atomic E-state index is -5.02. The van der Waals surface area contributed by atoms with E-state index in [9.17, 15) is 35.9 Å². The third kappa shape index (κ3) is 6.06. The second-order valence-corrected chi connectivity index (χ2v) is 8.48. The van der Waals surface area contributed by atoms with Gasteiger partial charge in [-0.3, -0.25) is 9.59 Å². The number of aromatic nitrogens is 1. The monoisotopic (exact) mass is 538 g/mol. The quantitative estimate of drug-likeness (QED) is 0.300. The van der Waals surface area contributed by atoms with E-state index in [1.54, 1.807) is 30.3 Å². The van der Waals surface area contributed by atoms with Crippen molar-refractivity contribution in [2.24, 2.45) is 0 Å². The lowest BCUT2D eigenvalue weighted by Gasteiger charge is -2.22. The van der Waals surface area contributed by atoms with Crippen molar-refractivity contribution in [3.8, 4) is 17.0 Å². The van der Waals surface area contributed by atoms with Gasteiger partial charge in [0.05, 0.1) is 23.4 Å². The van der Waals surface area contributed by atoms with E-state index in [0.717, 1.165) is 4.90 Å². The number of alkyl halides is 6. The molecule has 12 heteroatoms. The van der Waals surface area contributed by atoms with Crippen LogP contribution in [0.25, 0.3) is 11.1 Å². The zero-order valence-electron chi connectivity index (χ0n) is 19.8. The van der Waals surface area contributed by atoms with Crippen LogP contribution < -0.4 is 4.74 Å². The van der Waals surface area contributed by atoms with Gasteiger partial charge in [-0.2, -0.15) is 26.3 Å².